The third-order valence-corrected chi connectivity index (χ3v) is 2.62. The van der Waals surface area contributed by atoms with Gasteiger partial charge in [0, 0.05) is 6.20 Å². The third kappa shape index (κ3) is 2.79. The van der Waals surface area contributed by atoms with E-state index in [1.165, 1.54) is 7.11 Å². The summed E-state index contributed by atoms with van der Waals surface area (Å²) >= 11 is 0. The normalized spacial score (nSPS) is 16.8. The molecular formula is C12H15NO3. The molecule has 1 fully saturated rings. The second-order valence-corrected chi connectivity index (χ2v) is 3.91. The Morgan fingerprint density at radius 1 is 1.56 bits per heavy atom. The highest BCUT2D eigenvalue weighted by atomic mass is 16.6. The largest absolute Gasteiger partial charge is 0.467 e. The summed E-state index contributed by atoms with van der Waals surface area (Å²) < 4.78 is 10.3. The maximum atomic E-state index is 11.4. The molecule has 1 aromatic heterocycles. The topological polar surface area (TPSA) is 48.4 Å². The minimum absolute atomic E-state index is 0.279. The highest BCUT2D eigenvalue weighted by Crippen LogP contribution is 2.35. The number of esters is 1. The number of hydrogen-bond donors (Lipinski definition) is 0. The van der Waals surface area contributed by atoms with Gasteiger partial charge in [0.15, 0.2) is 6.10 Å². The Morgan fingerprint density at radius 3 is 2.94 bits per heavy atom. The fourth-order valence-electron chi connectivity index (χ4n) is 1.57. The number of aromatic nitrogens is 1. The fraction of sp³-hybridized carbons (Fsp3) is 0.500. The Kier molecular flexibility index (Phi) is 3.51. The van der Waals surface area contributed by atoms with Crippen LogP contribution in [0.15, 0.2) is 24.4 Å². The van der Waals surface area contributed by atoms with E-state index in [1.54, 1.807) is 6.20 Å². The Hall–Kier alpha value is -1.42. The van der Waals surface area contributed by atoms with Gasteiger partial charge in [0.05, 0.1) is 19.4 Å². The van der Waals surface area contributed by atoms with Crippen LogP contribution in [-0.4, -0.2) is 24.2 Å². The minimum atomic E-state index is -0.424. The summed E-state index contributed by atoms with van der Waals surface area (Å²) in [6.07, 6.45) is 3.37. The monoisotopic (exact) mass is 221 g/mol. The summed E-state index contributed by atoms with van der Waals surface area (Å²) in [5.74, 6) is 0.0505. The standard InChI is InChI=1S/C12H15NO3/c1-15-12(14)11(9-5-6-9)16-8-10-4-2-3-7-13-10/h2-4,7,9,11H,5-6,8H2,1H3. The first-order valence-electron chi connectivity index (χ1n) is 5.40. The Bertz CT molecular complexity index is 349. The van der Waals surface area contributed by atoms with Crippen LogP contribution in [0.4, 0.5) is 0 Å². The van der Waals surface area contributed by atoms with E-state index < -0.39 is 6.10 Å². The van der Waals surface area contributed by atoms with Crippen LogP contribution in [0.25, 0.3) is 0 Å². The zero-order valence-corrected chi connectivity index (χ0v) is 9.26. The Morgan fingerprint density at radius 2 is 2.38 bits per heavy atom. The second kappa shape index (κ2) is 5.07. The molecule has 1 aliphatic rings. The fourth-order valence-corrected chi connectivity index (χ4v) is 1.57. The number of methoxy groups -OCH3 is 1. The molecule has 0 N–H and O–H groups in total. The van der Waals surface area contributed by atoms with Gasteiger partial charge < -0.3 is 9.47 Å². The van der Waals surface area contributed by atoms with Crippen molar-refractivity contribution in [3.8, 4) is 0 Å². The predicted octanol–water partition coefficient (Wildman–Crippen LogP) is 1.55. The van der Waals surface area contributed by atoms with E-state index in [4.69, 9.17) is 9.47 Å². The van der Waals surface area contributed by atoms with Gasteiger partial charge in [0.25, 0.3) is 0 Å². The van der Waals surface area contributed by atoms with Gasteiger partial charge in [-0.2, -0.15) is 0 Å². The average Bonchev–Trinajstić information content (AvgIpc) is 3.15. The molecule has 1 aliphatic carbocycles. The molecule has 0 saturated heterocycles. The van der Waals surface area contributed by atoms with Crippen molar-refractivity contribution in [2.45, 2.75) is 25.6 Å². The number of nitrogens with zero attached hydrogens (tertiary/aromatic N) is 1. The molecule has 86 valence electrons. The molecule has 0 bridgehead atoms. The van der Waals surface area contributed by atoms with Gasteiger partial charge in [0.1, 0.15) is 0 Å². The smallest absolute Gasteiger partial charge is 0.335 e. The number of rotatable bonds is 5. The number of carbonyl (C=O) groups is 1. The van der Waals surface area contributed by atoms with Crippen LogP contribution < -0.4 is 0 Å². The first-order valence-corrected chi connectivity index (χ1v) is 5.40. The second-order valence-electron chi connectivity index (χ2n) is 3.91. The summed E-state index contributed by atoms with van der Waals surface area (Å²) in [5.41, 5.74) is 0.831. The molecule has 1 unspecified atom stereocenters. The van der Waals surface area contributed by atoms with Crippen LogP contribution in [-0.2, 0) is 20.9 Å². The lowest BCUT2D eigenvalue weighted by molar-refractivity contribution is -0.156. The molecule has 1 aromatic rings. The Labute approximate surface area is 94.6 Å². The van der Waals surface area contributed by atoms with E-state index in [9.17, 15) is 4.79 Å². The SMILES string of the molecule is COC(=O)C(OCc1ccccn1)C1CC1. The molecule has 2 rings (SSSR count). The molecule has 1 saturated carbocycles. The molecule has 0 aromatic carbocycles. The van der Waals surface area contributed by atoms with Crippen molar-refractivity contribution in [1.82, 2.24) is 4.98 Å². The molecule has 0 aliphatic heterocycles. The maximum absolute atomic E-state index is 11.4. The third-order valence-electron chi connectivity index (χ3n) is 2.62. The lowest BCUT2D eigenvalue weighted by Gasteiger charge is -2.14. The van der Waals surface area contributed by atoms with Gasteiger partial charge in [0.2, 0.25) is 0 Å². The van der Waals surface area contributed by atoms with Crippen molar-refractivity contribution in [1.29, 1.82) is 0 Å². The molecule has 0 amide bonds. The number of hydrogen-bond acceptors (Lipinski definition) is 4. The van der Waals surface area contributed by atoms with Gasteiger partial charge >= 0.3 is 5.97 Å². The highest BCUT2D eigenvalue weighted by molar-refractivity contribution is 5.75. The molecule has 4 heteroatoms. The summed E-state index contributed by atoms with van der Waals surface area (Å²) in [7, 11) is 1.39. The van der Waals surface area contributed by atoms with Crippen molar-refractivity contribution in [3.05, 3.63) is 30.1 Å². The molecule has 0 spiro atoms. The highest BCUT2D eigenvalue weighted by Gasteiger charge is 2.37. The molecule has 16 heavy (non-hydrogen) atoms. The van der Waals surface area contributed by atoms with E-state index in [0.717, 1.165) is 18.5 Å². The quantitative estimate of drug-likeness (QED) is 0.708. The van der Waals surface area contributed by atoms with E-state index in [2.05, 4.69) is 4.98 Å². The summed E-state index contributed by atoms with van der Waals surface area (Å²) in [5, 5.41) is 0. The van der Waals surface area contributed by atoms with E-state index >= 15 is 0 Å². The van der Waals surface area contributed by atoms with Crippen molar-refractivity contribution in [2.75, 3.05) is 7.11 Å². The number of pyridine rings is 1. The zero-order chi connectivity index (χ0) is 11.4. The van der Waals surface area contributed by atoms with Crippen molar-refractivity contribution >= 4 is 5.97 Å². The molecule has 4 nitrogen and oxygen atoms in total. The van der Waals surface area contributed by atoms with E-state index in [-0.39, 0.29) is 5.97 Å². The van der Waals surface area contributed by atoms with Crippen LogP contribution in [0, 0.1) is 5.92 Å². The van der Waals surface area contributed by atoms with E-state index in [1.807, 2.05) is 18.2 Å². The zero-order valence-electron chi connectivity index (χ0n) is 9.26. The number of ether oxygens (including phenoxy) is 2. The molecule has 1 heterocycles. The van der Waals surface area contributed by atoms with Gasteiger partial charge in [-0.1, -0.05) is 6.07 Å². The van der Waals surface area contributed by atoms with E-state index in [0.29, 0.717) is 12.5 Å². The summed E-state index contributed by atoms with van der Waals surface area (Å²) in [6, 6.07) is 5.62. The average molecular weight is 221 g/mol. The predicted molar refractivity (Wildman–Crippen MR) is 57.6 cm³/mol. The molecule has 1 atom stereocenters. The first kappa shape index (κ1) is 11.1. The molecular weight excluding hydrogens is 206 g/mol. The first-order chi connectivity index (χ1) is 7.81. The van der Waals surface area contributed by atoms with Crippen LogP contribution in [0.1, 0.15) is 18.5 Å². The van der Waals surface area contributed by atoms with Crippen LogP contribution in [0.2, 0.25) is 0 Å². The van der Waals surface area contributed by atoms with Gasteiger partial charge in [-0.05, 0) is 30.9 Å². The van der Waals surface area contributed by atoms with Crippen molar-refractivity contribution in [3.63, 3.8) is 0 Å². The van der Waals surface area contributed by atoms with Gasteiger partial charge in [-0.15, -0.1) is 0 Å². The lowest BCUT2D eigenvalue weighted by Crippen LogP contribution is -2.27. The van der Waals surface area contributed by atoms with Crippen molar-refractivity contribution in [2.24, 2.45) is 5.92 Å². The van der Waals surface area contributed by atoms with Crippen molar-refractivity contribution < 1.29 is 14.3 Å². The number of carbonyl (C=O) groups excluding carboxylic acids is 1. The molecule has 0 radical (unpaired) electrons. The van der Waals surface area contributed by atoms with Crippen LogP contribution in [0.5, 0.6) is 0 Å². The van der Waals surface area contributed by atoms with Crippen LogP contribution in [0.3, 0.4) is 0 Å². The Balaban J connectivity index is 1.89. The summed E-state index contributed by atoms with van der Waals surface area (Å²) in [4.78, 5) is 15.6. The van der Waals surface area contributed by atoms with Crippen LogP contribution >= 0.6 is 0 Å². The maximum Gasteiger partial charge on any atom is 0.335 e. The van der Waals surface area contributed by atoms with Gasteiger partial charge in [-0.3, -0.25) is 4.98 Å². The minimum Gasteiger partial charge on any atom is -0.467 e. The lowest BCUT2D eigenvalue weighted by atomic mass is 10.2. The van der Waals surface area contributed by atoms with Gasteiger partial charge in [-0.25, -0.2) is 4.79 Å². The summed E-state index contributed by atoms with van der Waals surface area (Å²) in [6.45, 7) is 0.358.